The van der Waals surface area contributed by atoms with E-state index in [1.165, 1.54) is 43.8 Å². The van der Waals surface area contributed by atoms with Gasteiger partial charge in [-0.3, -0.25) is 4.79 Å². The van der Waals surface area contributed by atoms with Crippen molar-refractivity contribution in [1.82, 2.24) is 9.97 Å². The molecule has 1 heterocycles. The number of ether oxygens (including phenoxy) is 2. The molecule has 3 aromatic rings. The molecule has 2 aromatic carbocycles. The molecule has 0 bridgehead atoms. The Morgan fingerprint density at radius 3 is 2.60 bits per heavy atom. The highest BCUT2D eigenvalue weighted by Gasteiger charge is 2.31. The number of hydrogen-bond acceptors (Lipinski definition) is 8. The molecular weight excluding hydrogens is 497 g/mol. The Morgan fingerprint density at radius 2 is 1.94 bits per heavy atom. The van der Waals surface area contributed by atoms with Gasteiger partial charge >= 0.3 is 5.97 Å². The van der Waals surface area contributed by atoms with E-state index in [4.69, 9.17) is 21.1 Å². The zero-order chi connectivity index (χ0) is 25.6. The van der Waals surface area contributed by atoms with Gasteiger partial charge in [-0.15, -0.1) is 0 Å². The van der Waals surface area contributed by atoms with Crippen LogP contribution in [0.15, 0.2) is 41.6 Å². The molecule has 0 aliphatic rings. The highest BCUT2D eigenvalue weighted by molar-refractivity contribution is 7.92. The zero-order valence-corrected chi connectivity index (χ0v) is 21.2. The minimum Gasteiger partial charge on any atom is -0.495 e. The fraction of sp³-hybridized carbons (Fsp3) is 0.375. The summed E-state index contributed by atoms with van der Waals surface area (Å²) in [6.07, 6.45) is 2.43. The van der Waals surface area contributed by atoms with Crippen molar-refractivity contribution in [2.45, 2.75) is 49.7 Å². The van der Waals surface area contributed by atoms with E-state index >= 15 is 0 Å². The van der Waals surface area contributed by atoms with Gasteiger partial charge in [0.05, 0.1) is 29.5 Å². The van der Waals surface area contributed by atoms with Gasteiger partial charge in [0.1, 0.15) is 28.6 Å². The van der Waals surface area contributed by atoms with Crippen LogP contribution < -0.4 is 10.1 Å². The second-order valence-electron chi connectivity index (χ2n) is 7.80. The van der Waals surface area contributed by atoms with Gasteiger partial charge < -0.3 is 14.8 Å². The lowest BCUT2D eigenvalue weighted by atomic mass is 10.1. The number of nitrogens with zero attached hydrogens (tertiary/aromatic N) is 2. The summed E-state index contributed by atoms with van der Waals surface area (Å²) in [5, 5.41) is 2.59. The number of hydrogen-bond donors (Lipinski definition) is 1. The number of esters is 1. The van der Waals surface area contributed by atoms with Crippen molar-refractivity contribution in [3.63, 3.8) is 0 Å². The second-order valence-corrected chi connectivity index (χ2v) is 10.4. The quantitative estimate of drug-likeness (QED) is 0.330. The minimum atomic E-state index is -3.90. The van der Waals surface area contributed by atoms with Crippen LogP contribution in [-0.2, 0) is 19.4 Å². The molecule has 0 saturated heterocycles. The molecule has 0 amide bonds. The molecule has 0 radical (unpaired) electrons. The largest absolute Gasteiger partial charge is 0.495 e. The lowest BCUT2D eigenvalue weighted by Gasteiger charge is -2.19. The molecule has 1 aromatic heterocycles. The topological polar surface area (TPSA) is 107 Å². The number of methoxy groups -OCH3 is 1. The first-order valence-electron chi connectivity index (χ1n) is 11.2. The third-order valence-electron chi connectivity index (χ3n) is 5.43. The summed E-state index contributed by atoms with van der Waals surface area (Å²) in [5.41, 5.74) is 0.917. The van der Waals surface area contributed by atoms with Crippen LogP contribution in [0.3, 0.4) is 0 Å². The van der Waals surface area contributed by atoms with Crippen molar-refractivity contribution in [2.24, 2.45) is 0 Å². The monoisotopic (exact) mass is 523 g/mol. The van der Waals surface area contributed by atoms with E-state index in [1.807, 2.05) is 6.92 Å². The molecule has 0 fully saturated rings. The molecule has 8 nitrogen and oxygen atoms in total. The summed E-state index contributed by atoms with van der Waals surface area (Å²) in [4.78, 5) is 20.3. The molecular formula is C24H27ClFN3O5S. The fourth-order valence-corrected chi connectivity index (χ4v) is 5.94. The number of benzene rings is 2. The maximum absolute atomic E-state index is 13.7. The number of nitrogens with one attached hydrogen (secondary N) is 1. The molecule has 0 aliphatic heterocycles. The van der Waals surface area contributed by atoms with Gasteiger partial charge in [0.2, 0.25) is 0 Å². The maximum Gasteiger partial charge on any atom is 0.305 e. The third-order valence-corrected chi connectivity index (χ3v) is 8.01. The average Bonchev–Trinajstić information content (AvgIpc) is 2.83. The maximum atomic E-state index is 13.7. The van der Waals surface area contributed by atoms with Crippen molar-refractivity contribution in [3.8, 4) is 5.75 Å². The van der Waals surface area contributed by atoms with Crippen molar-refractivity contribution < 1.29 is 27.1 Å². The standard InChI is InChI=1S/C24H27ClFN3O5S/c1-4-6-16(8-10-23(30)34-5-2)35(31,32)22-12-17-20(13-21(22)33-3)27-14-28-24(17)29-15-7-9-19(26)18(25)11-15/h7,9,11-14,16H,4-6,8,10H2,1-3H3,(H,27,28,29). The fourth-order valence-electron chi connectivity index (χ4n) is 3.72. The summed E-state index contributed by atoms with van der Waals surface area (Å²) in [6, 6.07) is 7.10. The van der Waals surface area contributed by atoms with Crippen LogP contribution in [0.4, 0.5) is 15.9 Å². The van der Waals surface area contributed by atoms with Crippen LogP contribution >= 0.6 is 11.6 Å². The molecule has 1 atom stereocenters. The van der Waals surface area contributed by atoms with E-state index in [9.17, 15) is 17.6 Å². The highest BCUT2D eigenvalue weighted by atomic mass is 35.5. The highest BCUT2D eigenvalue weighted by Crippen LogP contribution is 2.36. The molecule has 11 heteroatoms. The van der Waals surface area contributed by atoms with Crippen molar-refractivity contribution in [3.05, 3.63) is 47.5 Å². The first-order valence-corrected chi connectivity index (χ1v) is 13.1. The van der Waals surface area contributed by atoms with Crippen molar-refractivity contribution in [1.29, 1.82) is 0 Å². The molecule has 35 heavy (non-hydrogen) atoms. The van der Waals surface area contributed by atoms with E-state index in [-0.39, 0.29) is 35.1 Å². The van der Waals surface area contributed by atoms with E-state index in [1.54, 1.807) is 6.92 Å². The zero-order valence-electron chi connectivity index (χ0n) is 19.7. The van der Waals surface area contributed by atoms with E-state index in [0.717, 1.165) is 0 Å². The van der Waals surface area contributed by atoms with Crippen LogP contribution in [0.2, 0.25) is 5.02 Å². The molecule has 0 saturated carbocycles. The molecule has 3 rings (SSSR count). The van der Waals surface area contributed by atoms with Crippen LogP contribution in [0.5, 0.6) is 5.75 Å². The molecule has 0 aliphatic carbocycles. The Bertz CT molecular complexity index is 1320. The lowest BCUT2D eigenvalue weighted by Crippen LogP contribution is -2.23. The Labute approximate surface area is 208 Å². The summed E-state index contributed by atoms with van der Waals surface area (Å²) in [6.45, 7) is 3.82. The van der Waals surface area contributed by atoms with Gasteiger partial charge in [-0.05, 0) is 44.0 Å². The summed E-state index contributed by atoms with van der Waals surface area (Å²) in [5.74, 6) is -0.542. The molecule has 1 unspecified atom stereocenters. The van der Waals surface area contributed by atoms with Crippen LogP contribution in [0.1, 0.15) is 39.5 Å². The first-order chi connectivity index (χ1) is 16.7. The summed E-state index contributed by atoms with van der Waals surface area (Å²) in [7, 11) is -2.51. The average molecular weight is 524 g/mol. The number of rotatable bonds is 11. The predicted molar refractivity (Wildman–Crippen MR) is 133 cm³/mol. The van der Waals surface area contributed by atoms with Gasteiger partial charge in [-0.1, -0.05) is 24.9 Å². The predicted octanol–water partition coefficient (Wildman–Crippen LogP) is 5.46. The van der Waals surface area contributed by atoms with Gasteiger partial charge in [-0.25, -0.2) is 22.8 Å². The summed E-state index contributed by atoms with van der Waals surface area (Å²) < 4.78 is 51.4. The van der Waals surface area contributed by atoms with Crippen molar-refractivity contribution >= 4 is 49.8 Å². The van der Waals surface area contributed by atoms with Gasteiger partial charge in [0.25, 0.3) is 0 Å². The Hall–Kier alpha value is -2.98. The van der Waals surface area contributed by atoms with Crippen LogP contribution in [0.25, 0.3) is 10.9 Å². The number of carbonyl (C=O) groups excluding carboxylic acids is 1. The first kappa shape index (κ1) is 26.6. The summed E-state index contributed by atoms with van der Waals surface area (Å²) >= 11 is 5.88. The Balaban J connectivity index is 2.06. The van der Waals surface area contributed by atoms with Crippen LogP contribution in [0, 0.1) is 5.82 Å². The Morgan fingerprint density at radius 1 is 1.17 bits per heavy atom. The van der Waals surface area contributed by atoms with Gasteiger partial charge in [-0.2, -0.15) is 0 Å². The van der Waals surface area contributed by atoms with E-state index in [2.05, 4.69) is 15.3 Å². The normalized spacial score (nSPS) is 12.4. The molecule has 188 valence electrons. The number of anilines is 2. The number of sulfone groups is 1. The number of halogens is 2. The van der Waals surface area contributed by atoms with E-state index < -0.39 is 26.9 Å². The van der Waals surface area contributed by atoms with E-state index in [0.29, 0.717) is 35.2 Å². The molecule has 0 spiro atoms. The number of carbonyl (C=O) groups is 1. The van der Waals surface area contributed by atoms with Gasteiger partial charge in [0, 0.05) is 23.6 Å². The number of fused-ring (bicyclic) bond motifs is 1. The smallest absolute Gasteiger partial charge is 0.305 e. The number of aromatic nitrogens is 2. The Kier molecular flexibility index (Phi) is 8.85. The van der Waals surface area contributed by atoms with Crippen LogP contribution in [-0.4, -0.2) is 43.3 Å². The SMILES string of the molecule is CCCC(CCC(=O)OCC)S(=O)(=O)c1cc2c(Nc3ccc(F)c(Cl)c3)ncnc2cc1OC. The second kappa shape index (κ2) is 11.6. The molecule has 1 N–H and O–H groups in total. The third kappa shape index (κ3) is 6.18. The van der Waals surface area contributed by atoms with Crippen molar-refractivity contribution in [2.75, 3.05) is 19.0 Å². The lowest BCUT2D eigenvalue weighted by molar-refractivity contribution is -0.143. The van der Waals surface area contributed by atoms with Gasteiger partial charge in [0.15, 0.2) is 9.84 Å². The minimum absolute atomic E-state index is 0.00508.